The summed E-state index contributed by atoms with van der Waals surface area (Å²) in [6, 6.07) is 3.82. The molecule has 1 aliphatic carbocycles. The molecule has 1 saturated carbocycles. The molecule has 1 atom stereocenters. The van der Waals surface area contributed by atoms with Gasteiger partial charge >= 0.3 is 0 Å². The Hall–Kier alpha value is -1.14. The second-order valence-electron chi connectivity index (χ2n) is 6.91. The smallest absolute Gasteiger partial charge is 0.244 e. The maximum atomic E-state index is 12.6. The van der Waals surface area contributed by atoms with Crippen molar-refractivity contribution in [2.24, 2.45) is 5.92 Å². The second-order valence-corrected chi connectivity index (χ2v) is 8.85. The van der Waals surface area contributed by atoms with Crippen molar-refractivity contribution in [2.75, 3.05) is 18.4 Å². The zero-order valence-corrected chi connectivity index (χ0v) is 14.7. The van der Waals surface area contributed by atoms with E-state index in [2.05, 4.69) is 17.2 Å². The molecule has 2 heterocycles. The van der Waals surface area contributed by atoms with Crippen LogP contribution >= 0.6 is 0 Å². The van der Waals surface area contributed by atoms with E-state index < -0.39 is 10.0 Å². The Morgan fingerprint density at radius 3 is 2.61 bits per heavy atom. The van der Waals surface area contributed by atoms with Crippen LogP contribution in [-0.4, -0.2) is 36.8 Å². The summed E-state index contributed by atoms with van der Waals surface area (Å²) in [7, 11) is -3.38. The van der Waals surface area contributed by atoms with Crippen LogP contribution in [0.5, 0.6) is 0 Å². The molecule has 1 unspecified atom stereocenters. The highest BCUT2D eigenvalue weighted by atomic mass is 32.2. The molecule has 1 aromatic rings. The third kappa shape index (κ3) is 4.44. The van der Waals surface area contributed by atoms with E-state index in [1.165, 1.54) is 25.5 Å². The number of nitrogens with zero attached hydrogens (tertiary/aromatic N) is 2. The van der Waals surface area contributed by atoms with Crippen molar-refractivity contribution in [3.63, 3.8) is 0 Å². The second kappa shape index (κ2) is 7.18. The van der Waals surface area contributed by atoms with Crippen LogP contribution in [0.1, 0.15) is 51.9 Å². The van der Waals surface area contributed by atoms with Crippen LogP contribution in [0.3, 0.4) is 0 Å². The van der Waals surface area contributed by atoms with Gasteiger partial charge in [-0.15, -0.1) is 0 Å². The van der Waals surface area contributed by atoms with Gasteiger partial charge in [-0.2, -0.15) is 4.31 Å². The summed E-state index contributed by atoms with van der Waals surface area (Å²) in [5, 5.41) is 3.36. The van der Waals surface area contributed by atoms with E-state index in [-0.39, 0.29) is 0 Å². The Kier molecular flexibility index (Phi) is 5.21. The topological polar surface area (TPSA) is 62.3 Å². The highest BCUT2D eigenvalue weighted by Crippen LogP contribution is 2.34. The van der Waals surface area contributed by atoms with Gasteiger partial charge in [0.25, 0.3) is 0 Å². The number of piperidine rings is 1. The van der Waals surface area contributed by atoms with E-state index in [4.69, 9.17) is 0 Å². The largest absolute Gasteiger partial charge is 0.368 e. The first-order valence-corrected chi connectivity index (χ1v) is 10.2. The molecular weight excluding hydrogens is 310 g/mol. The van der Waals surface area contributed by atoms with Gasteiger partial charge < -0.3 is 5.32 Å². The molecule has 0 amide bonds. The molecule has 1 aliphatic heterocycles. The summed E-state index contributed by atoms with van der Waals surface area (Å²) in [5.74, 6) is 1.69. The molecule has 0 radical (unpaired) electrons. The zero-order chi connectivity index (χ0) is 16.3. The van der Waals surface area contributed by atoms with Crippen molar-refractivity contribution in [1.29, 1.82) is 0 Å². The van der Waals surface area contributed by atoms with E-state index in [1.807, 2.05) is 0 Å². The van der Waals surface area contributed by atoms with Crippen molar-refractivity contribution in [1.82, 2.24) is 9.29 Å². The summed E-state index contributed by atoms with van der Waals surface area (Å²) < 4.78 is 26.7. The number of pyridine rings is 1. The predicted octanol–water partition coefficient (Wildman–Crippen LogP) is 3.25. The number of hydrogen-bond donors (Lipinski definition) is 1. The van der Waals surface area contributed by atoms with Crippen LogP contribution in [0.2, 0.25) is 0 Å². The number of aromatic nitrogens is 1. The number of hydrogen-bond acceptors (Lipinski definition) is 4. The van der Waals surface area contributed by atoms with Crippen LogP contribution < -0.4 is 5.32 Å². The molecule has 128 valence electrons. The molecule has 2 fully saturated rings. The van der Waals surface area contributed by atoms with Gasteiger partial charge in [-0.25, -0.2) is 13.4 Å². The van der Waals surface area contributed by atoms with Crippen molar-refractivity contribution in [3.05, 3.63) is 18.3 Å². The average Bonchev–Trinajstić information content (AvgIpc) is 3.39. The monoisotopic (exact) mass is 337 g/mol. The standard InChI is InChI=1S/C17H27N3O2S/c1-14(5-6-15-7-8-15)19-17-10-9-16(13-18-17)23(21,22)20-11-3-2-4-12-20/h9-10,13-15H,2-8,11-12H2,1H3,(H,18,19). The fraction of sp³-hybridized carbons (Fsp3) is 0.706. The van der Waals surface area contributed by atoms with Gasteiger partial charge in [0, 0.05) is 25.3 Å². The van der Waals surface area contributed by atoms with Crippen molar-refractivity contribution in [2.45, 2.75) is 62.8 Å². The zero-order valence-electron chi connectivity index (χ0n) is 13.9. The highest BCUT2D eigenvalue weighted by Gasteiger charge is 2.26. The van der Waals surface area contributed by atoms with Crippen LogP contribution in [0, 0.1) is 5.92 Å². The van der Waals surface area contributed by atoms with Gasteiger partial charge in [-0.1, -0.05) is 19.3 Å². The van der Waals surface area contributed by atoms with Crippen LogP contribution in [0.4, 0.5) is 5.82 Å². The van der Waals surface area contributed by atoms with Gasteiger partial charge in [0.05, 0.1) is 0 Å². The Balaban J connectivity index is 1.59. The van der Waals surface area contributed by atoms with Gasteiger partial charge in [-0.3, -0.25) is 0 Å². The van der Waals surface area contributed by atoms with E-state index >= 15 is 0 Å². The fourth-order valence-electron chi connectivity index (χ4n) is 3.09. The third-order valence-electron chi connectivity index (χ3n) is 4.79. The number of nitrogens with one attached hydrogen (secondary N) is 1. The molecule has 0 spiro atoms. The van der Waals surface area contributed by atoms with Gasteiger partial charge in [0.15, 0.2) is 0 Å². The van der Waals surface area contributed by atoms with Crippen LogP contribution in [-0.2, 0) is 10.0 Å². The first kappa shape index (κ1) is 16.7. The van der Waals surface area contributed by atoms with Crippen LogP contribution in [0.15, 0.2) is 23.2 Å². The molecule has 1 N–H and O–H groups in total. The molecule has 23 heavy (non-hydrogen) atoms. The predicted molar refractivity (Wildman–Crippen MR) is 91.9 cm³/mol. The lowest BCUT2D eigenvalue weighted by atomic mass is 10.1. The molecule has 1 saturated heterocycles. The number of rotatable bonds is 7. The van der Waals surface area contributed by atoms with Crippen molar-refractivity contribution in [3.8, 4) is 0 Å². The van der Waals surface area contributed by atoms with Gasteiger partial charge in [0.1, 0.15) is 10.7 Å². The van der Waals surface area contributed by atoms with E-state index in [9.17, 15) is 8.42 Å². The molecule has 1 aromatic heterocycles. The lowest BCUT2D eigenvalue weighted by molar-refractivity contribution is 0.346. The summed E-state index contributed by atoms with van der Waals surface area (Å²) >= 11 is 0. The Bertz CT molecular complexity index is 605. The average molecular weight is 337 g/mol. The minimum absolute atomic E-state index is 0.301. The molecule has 6 heteroatoms. The summed E-state index contributed by atoms with van der Waals surface area (Å²) in [6.45, 7) is 3.41. The van der Waals surface area contributed by atoms with Crippen LogP contribution in [0.25, 0.3) is 0 Å². The van der Waals surface area contributed by atoms with Gasteiger partial charge in [0.2, 0.25) is 10.0 Å². The maximum Gasteiger partial charge on any atom is 0.244 e. The van der Waals surface area contributed by atoms with E-state index in [0.717, 1.165) is 37.4 Å². The molecule has 0 bridgehead atoms. The normalized spacial score (nSPS) is 21.1. The lowest BCUT2D eigenvalue weighted by Gasteiger charge is -2.25. The quantitative estimate of drug-likeness (QED) is 0.829. The summed E-state index contributed by atoms with van der Waals surface area (Å²) in [5.41, 5.74) is 0. The third-order valence-corrected chi connectivity index (χ3v) is 6.67. The van der Waals surface area contributed by atoms with E-state index in [0.29, 0.717) is 24.0 Å². The first-order chi connectivity index (χ1) is 11.1. The first-order valence-electron chi connectivity index (χ1n) is 8.78. The lowest BCUT2D eigenvalue weighted by Crippen LogP contribution is -2.35. The minimum atomic E-state index is -3.38. The number of anilines is 1. The molecule has 2 aliphatic rings. The molecular formula is C17H27N3O2S. The van der Waals surface area contributed by atoms with Crippen molar-refractivity contribution < 1.29 is 8.42 Å². The van der Waals surface area contributed by atoms with Gasteiger partial charge in [-0.05, 0) is 50.7 Å². The summed E-state index contributed by atoms with van der Waals surface area (Å²) in [4.78, 5) is 4.61. The maximum absolute atomic E-state index is 12.6. The Labute approximate surface area is 139 Å². The number of sulfonamides is 1. The fourth-order valence-corrected chi connectivity index (χ4v) is 4.55. The molecule has 5 nitrogen and oxygen atoms in total. The van der Waals surface area contributed by atoms with Crippen molar-refractivity contribution >= 4 is 15.8 Å². The Morgan fingerprint density at radius 1 is 1.26 bits per heavy atom. The highest BCUT2D eigenvalue weighted by molar-refractivity contribution is 7.89. The SMILES string of the molecule is CC(CCC1CC1)Nc1ccc(S(=O)(=O)N2CCCCC2)cn1. The Morgan fingerprint density at radius 2 is 2.00 bits per heavy atom. The summed E-state index contributed by atoms with van der Waals surface area (Å²) in [6.07, 6.45) is 9.68. The van der Waals surface area contributed by atoms with E-state index in [1.54, 1.807) is 16.4 Å². The molecule has 0 aromatic carbocycles. The minimum Gasteiger partial charge on any atom is -0.368 e. The molecule has 3 rings (SSSR count).